The Hall–Kier alpha value is -1.25. The van der Waals surface area contributed by atoms with Crippen LogP contribution in [0.4, 0.5) is 14.5 Å². The Balaban J connectivity index is 2.30. The van der Waals surface area contributed by atoms with Crippen LogP contribution in [0.3, 0.4) is 0 Å². The van der Waals surface area contributed by atoms with Crippen molar-refractivity contribution in [1.29, 1.82) is 0 Å². The van der Waals surface area contributed by atoms with Crippen molar-refractivity contribution in [2.75, 3.05) is 5.73 Å². The first-order chi connectivity index (χ1) is 9.81. The van der Waals surface area contributed by atoms with E-state index in [9.17, 15) is 22.3 Å². The molecule has 0 spiro atoms. The first kappa shape index (κ1) is 16.1. The second kappa shape index (κ2) is 6.25. The van der Waals surface area contributed by atoms with Gasteiger partial charge >= 0.3 is 0 Å². The number of sulfonamides is 1. The first-order valence-corrected chi connectivity index (χ1v) is 8.24. The van der Waals surface area contributed by atoms with Crippen LogP contribution in [-0.4, -0.2) is 25.7 Å². The van der Waals surface area contributed by atoms with Crippen molar-refractivity contribution in [3.8, 4) is 0 Å². The molecule has 8 heteroatoms. The van der Waals surface area contributed by atoms with Crippen molar-refractivity contribution in [1.82, 2.24) is 4.72 Å². The molecule has 1 saturated carbocycles. The Labute approximate surface area is 122 Å². The van der Waals surface area contributed by atoms with Crippen LogP contribution in [0.15, 0.2) is 17.0 Å². The number of hydrogen-bond donors (Lipinski definition) is 3. The fraction of sp³-hybridized carbons (Fsp3) is 0.538. The van der Waals surface area contributed by atoms with Crippen LogP contribution in [0.5, 0.6) is 0 Å². The molecule has 1 fully saturated rings. The first-order valence-electron chi connectivity index (χ1n) is 6.76. The van der Waals surface area contributed by atoms with E-state index >= 15 is 0 Å². The minimum Gasteiger partial charge on any atom is -0.399 e. The van der Waals surface area contributed by atoms with E-state index in [1.54, 1.807) is 0 Å². The number of aliphatic hydroxyl groups is 1. The fourth-order valence-electron chi connectivity index (χ4n) is 2.47. The molecule has 2 atom stereocenters. The molecule has 2 unspecified atom stereocenters. The van der Waals surface area contributed by atoms with Crippen molar-refractivity contribution in [3.05, 3.63) is 23.8 Å². The summed E-state index contributed by atoms with van der Waals surface area (Å²) >= 11 is 0. The third kappa shape index (κ3) is 3.69. The normalized spacial score (nSPS) is 23.8. The number of hydrogen-bond acceptors (Lipinski definition) is 4. The van der Waals surface area contributed by atoms with Crippen LogP contribution >= 0.6 is 0 Å². The lowest BCUT2D eigenvalue weighted by Crippen LogP contribution is -2.42. The lowest BCUT2D eigenvalue weighted by molar-refractivity contribution is 0.130. The molecular weight excluding hydrogens is 302 g/mol. The molecule has 118 valence electrons. The van der Waals surface area contributed by atoms with Crippen LogP contribution in [0.1, 0.15) is 32.1 Å². The molecule has 1 aliphatic rings. The van der Waals surface area contributed by atoms with E-state index in [4.69, 9.17) is 5.73 Å². The van der Waals surface area contributed by atoms with E-state index in [2.05, 4.69) is 4.72 Å². The van der Waals surface area contributed by atoms with Gasteiger partial charge in [-0.05, 0) is 25.0 Å². The average Bonchev–Trinajstić information content (AvgIpc) is 2.59. The van der Waals surface area contributed by atoms with Gasteiger partial charge in [-0.2, -0.15) is 0 Å². The van der Waals surface area contributed by atoms with Gasteiger partial charge in [-0.1, -0.05) is 19.3 Å². The monoisotopic (exact) mass is 320 g/mol. The number of nitrogens with two attached hydrogens (primary N) is 1. The summed E-state index contributed by atoms with van der Waals surface area (Å²) in [7, 11) is -4.29. The third-order valence-electron chi connectivity index (χ3n) is 3.59. The van der Waals surface area contributed by atoms with Gasteiger partial charge in [0.15, 0.2) is 11.6 Å². The molecule has 0 aromatic heterocycles. The molecule has 0 radical (unpaired) electrons. The zero-order valence-electron chi connectivity index (χ0n) is 11.4. The van der Waals surface area contributed by atoms with Crippen molar-refractivity contribution in [3.63, 3.8) is 0 Å². The predicted molar refractivity (Wildman–Crippen MR) is 74.0 cm³/mol. The summed E-state index contributed by atoms with van der Waals surface area (Å²) in [4.78, 5) is -0.837. The van der Waals surface area contributed by atoms with Crippen molar-refractivity contribution in [2.24, 2.45) is 0 Å². The predicted octanol–water partition coefficient (Wildman–Crippen LogP) is 1.52. The highest BCUT2D eigenvalue weighted by Crippen LogP contribution is 2.24. The van der Waals surface area contributed by atoms with Crippen LogP contribution in [0.25, 0.3) is 0 Å². The second-order valence-corrected chi connectivity index (χ2v) is 6.93. The van der Waals surface area contributed by atoms with Gasteiger partial charge in [0.2, 0.25) is 10.0 Å². The molecule has 0 heterocycles. The highest BCUT2D eigenvalue weighted by Gasteiger charge is 2.29. The zero-order chi connectivity index (χ0) is 15.6. The fourth-order valence-corrected chi connectivity index (χ4v) is 3.89. The van der Waals surface area contributed by atoms with Gasteiger partial charge in [0.25, 0.3) is 0 Å². The minimum atomic E-state index is -4.29. The Bertz CT molecular complexity index is 622. The second-order valence-electron chi connectivity index (χ2n) is 5.25. The molecule has 1 aliphatic carbocycles. The number of rotatable bonds is 3. The van der Waals surface area contributed by atoms with Gasteiger partial charge < -0.3 is 10.8 Å². The smallest absolute Gasteiger partial charge is 0.244 e. The van der Waals surface area contributed by atoms with E-state index in [0.29, 0.717) is 12.8 Å². The Morgan fingerprint density at radius 3 is 2.57 bits per heavy atom. The Morgan fingerprint density at radius 1 is 1.19 bits per heavy atom. The van der Waals surface area contributed by atoms with E-state index in [1.807, 2.05) is 0 Å². The number of aliphatic hydroxyl groups excluding tert-OH is 1. The summed E-state index contributed by atoms with van der Waals surface area (Å²) in [5.41, 5.74) is 5.18. The molecule has 1 aromatic rings. The summed E-state index contributed by atoms with van der Waals surface area (Å²) in [6.07, 6.45) is 2.56. The van der Waals surface area contributed by atoms with Crippen molar-refractivity contribution < 1.29 is 22.3 Å². The van der Waals surface area contributed by atoms with Crippen molar-refractivity contribution >= 4 is 15.7 Å². The number of nitrogen functional groups attached to an aromatic ring is 1. The molecule has 0 bridgehead atoms. The SMILES string of the molecule is Nc1cc(F)c(F)c(S(=O)(=O)NC2CCCCCC2O)c1. The maximum absolute atomic E-state index is 13.7. The number of halogens is 2. The van der Waals surface area contributed by atoms with Crippen LogP contribution in [-0.2, 0) is 10.0 Å². The molecule has 0 amide bonds. The molecule has 0 saturated heterocycles. The standard InChI is InChI=1S/C13H18F2N2O3S/c14-9-6-8(16)7-12(13(9)15)21(19,20)17-10-4-2-1-3-5-11(10)18/h6-7,10-11,17-18H,1-5,16H2. The highest BCUT2D eigenvalue weighted by molar-refractivity contribution is 7.89. The van der Waals surface area contributed by atoms with Crippen molar-refractivity contribution in [2.45, 2.75) is 49.1 Å². The topological polar surface area (TPSA) is 92.4 Å². The van der Waals surface area contributed by atoms with Crippen LogP contribution < -0.4 is 10.5 Å². The average molecular weight is 320 g/mol. The van der Waals surface area contributed by atoms with Crippen LogP contribution in [0, 0.1) is 11.6 Å². The van der Waals surface area contributed by atoms with Gasteiger partial charge in [-0.15, -0.1) is 0 Å². The van der Waals surface area contributed by atoms with Gasteiger partial charge in [-0.3, -0.25) is 0 Å². The largest absolute Gasteiger partial charge is 0.399 e. The summed E-state index contributed by atoms with van der Waals surface area (Å²) in [6, 6.07) is 0.875. The molecule has 2 rings (SSSR count). The summed E-state index contributed by atoms with van der Waals surface area (Å²) in [5.74, 6) is -2.79. The van der Waals surface area contributed by atoms with E-state index in [0.717, 1.165) is 31.4 Å². The zero-order valence-corrected chi connectivity index (χ0v) is 12.2. The lowest BCUT2D eigenvalue weighted by Gasteiger charge is -2.21. The maximum atomic E-state index is 13.7. The van der Waals surface area contributed by atoms with E-state index in [-0.39, 0.29) is 5.69 Å². The minimum absolute atomic E-state index is 0.185. The number of nitrogens with one attached hydrogen (secondary N) is 1. The molecule has 21 heavy (non-hydrogen) atoms. The highest BCUT2D eigenvalue weighted by atomic mass is 32.2. The third-order valence-corrected chi connectivity index (χ3v) is 5.08. The Morgan fingerprint density at radius 2 is 1.86 bits per heavy atom. The summed E-state index contributed by atoms with van der Waals surface area (Å²) in [5, 5.41) is 9.92. The summed E-state index contributed by atoms with van der Waals surface area (Å²) in [6.45, 7) is 0. The molecular formula is C13H18F2N2O3S. The lowest BCUT2D eigenvalue weighted by atomic mass is 10.1. The van der Waals surface area contributed by atoms with Gasteiger partial charge in [0, 0.05) is 11.7 Å². The molecule has 0 aliphatic heterocycles. The molecule has 1 aromatic carbocycles. The number of anilines is 1. The quantitative estimate of drug-likeness (QED) is 0.581. The number of benzene rings is 1. The van der Waals surface area contributed by atoms with Gasteiger partial charge in [0.05, 0.1) is 6.10 Å². The molecule has 4 N–H and O–H groups in total. The summed E-state index contributed by atoms with van der Waals surface area (Å²) < 4.78 is 53.6. The Kier molecular flexibility index (Phi) is 4.80. The van der Waals surface area contributed by atoms with E-state index in [1.165, 1.54) is 0 Å². The maximum Gasteiger partial charge on any atom is 0.244 e. The van der Waals surface area contributed by atoms with Gasteiger partial charge in [-0.25, -0.2) is 21.9 Å². The van der Waals surface area contributed by atoms with Crippen LogP contribution in [0.2, 0.25) is 0 Å². The van der Waals surface area contributed by atoms with E-state index < -0.39 is 38.7 Å². The van der Waals surface area contributed by atoms with Gasteiger partial charge in [0.1, 0.15) is 4.90 Å². The molecule has 5 nitrogen and oxygen atoms in total.